The van der Waals surface area contributed by atoms with Crippen LogP contribution in [0.3, 0.4) is 0 Å². The maximum Gasteiger partial charge on any atom is 0.230 e. The summed E-state index contributed by atoms with van der Waals surface area (Å²) in [4.78, 5) is 0. The Morgan fingerprint density at radius 1 is 1.10 bits per heavy atom. The van der Waals surface area contributed by atoms with Crippen LogP contribution in [0, 0.1) is 12.7 Å². The summed E-state index contributed by atoms with van der Waals surface area (Å²) in [5, 5.41) is 3.98. The molecule has 0 fully saturated rings. The lowest BCUT2D eigenvalue weighted by molar-refractivity contribution is 0.439. The fraction of sp³-hybridized carbons (Fsp3) is 0.0625. The van der Waals surface area contributed by atoms with E-state index < -0.39 is 0 Å². The van der Waals surface area contributed by atoms with E-state index in [2.05, 4.69) is 21.1 Å². The number of nitrogen functional groups attached to an aromatic ring is 1. The molecule has 3 aromatic rings. The van der Waals surface area contributed by atoms with Gasteiger partial charge in [-0.25, -0.2) is 4.39 Å². The Bertz CT molecular complexity index is 776. The Labute approximate surface area is 129 Å². The molecule has 0 unspecified atom stereocenters. The van der Waals surface area contributed by atoms with Crippen molar-refractivity contribution in [1.29, 1.82) is 0 Å². The van der Waals surface area contributed by atoms with E-state index in [1.807, 2.05) is 31.2 Å². The summed E-state index contributed by atoms with van der Waals surface area (Å²) in [6.45, 7) is 2.01. The molecule has 3 rings (SSSR count). The van der Waals surface area contributed by atoms with Crippen LogP contribution in [0.2, 0.25) is 0 Å². The van der Waals surface area contributed by atoms with Crippen molar-refractivity contribution < 1.29 is 8.91 Å². The zero-order valence-corrected chi connectivity index (χ0v) is 12.8. The SMILES string of the molecule is Cc1ccc(-c2c(-c3cc(F)cc(Br)c3)noc2N)cc1. The molecular weight excluding hydrogens is 335 g/mol. The van der Waals surface area contributed by atoms with E-state index in [-0.39, 0.29) is 11.7 Å². The van der Waals surface area contributed by atoms with E-state index in [1.165, 1.54) is 12.1 Å². The summed E-state index contributed by atoms with van der Waals surface area (Å²) in [7, 11) is 0. The topological polar surface area (TPSA) is 52.0 Å². The van der Waals surface area contributed by atoms with Crippen LogP contribution in [0.15, 0.2) is 51.5 Å². The van der Waals surface area contributed by atoms with Gasteiger partial charge in [-0.2, -0.15) is 0 Å². The average molecular weight is 347 g/mol. The van der Waals surface area contributed by atoms with Crippen LogP contribution < -0.4 is 5.73 Å². The van der Waals surface area contributed by atoms with Gasteiger partial charge in [0.1, 0.15) is 11.5 Å². The first kappa shape index (κ1) is 13.8. The number of aromatic nitrogens is 1. The summed E-state index contributed by atoms with van der Waals surface area (Å²) >= 11 is 3.28. The minimum absolute atomic E-state index is 0.217. The second-order valence-electron chi connectivity index (χ2n) is 4.79. The van der Waals surface area contributed by atoms with Crippen LogP contribution in [-0.2, 0) is 0 Å². The van der Waals surface area contributed by atoms with Gasteiger partial charge in [-0.05, 0) is 30.7 Å². The van der Waals surface area contributed by atoms with E-state index in [0.29, 0.717) is 21.3 Å². The normalized spacial score (nSPS) is 10.8. The van der Waals surface area contributed by atoms with Gasteiger partial charge < -0.3 is 10.3 Å². The van der Waals surface area contributed by atoms with E-state index in [1.54, 1.807) is 6.07 Å². The van der Waals surface area contributed by atoms with E-state index >= 15 is 0 Å². The molecule has 0 saturated carbocycles. The molecule has 1 aromatic heterocycles. The summed E-state index contributed by atoms with van der Waals surface area (Å²) in [6.07, 6.45) is 0. The fourth-order valence-corrected chi connectivity index (χ4v) is 2.65. The summed E-state index contributed by atoms with van der Waals surface area (Å²) in [6, 6.07) is 12.4. The molecule has 0 aliphatic rings. The summed E-state index contributed by atoms with van der Waals surface area (Å²) in [5.74, 6) is -0.134. The molecule has 0 radical (unpaired) electrons. The molecule has 0 bridgehead atoms. The number of benzene rings is 2. The van der Waals surface area contributed by atoms with E-state index in [4.69, 9.17) is 10.3 Å². The number of rotatable bonds is 2. The van der Waals surface area contributed by atoms with E-state index in [0.717, 1.165) is 11.1 Å². The Morgan fingerprint density at radius 3 is 2.48 bits per heavy atom. The molecule has 0 aliphatic carbocycles. The first-order valence-electron chi connectivity index (χ1n) is 6.33. The predicted molar refractivity (Wildman–Crippen MR) is 84.2 cm³/mol. The van der Waals surface area contributed by atoms with Crippen molar-refractivity contribution in [2.75, 3.05) is 5.73 Å². The Kier molecular flexibility index (Phi) is 3.51. The lowest BCUT2D eigenvalue weighted by Gasteiger charge is -2.04. The van der Waals surface area contributed by atoms with Crippen molar-refractivity contribution in [3.63, 3.8) is 0 Å². The third-order valence-electron chi connectivity index (χ3n) is 3.19. The molecular formula is C16H12BrFN2O. The van der Waals surface area contributed by atoms with Gasteiger partial charge in [0.05, 0.1) is 5.56 Å². The summed E-state index contributed by atoms with van der Waals surface area (Å²) in [5.41, 5.74) is 9.72. The van der Waals surface area contributed by atoms with Gasteiger partial charge in [0.25, 0.3) is 0 Å². The number of hydrogen-bond donors (Lipinski definition) is 1. The Morgan fingerprint density at radius 2 is 1.81 bits per heavy atom. The first-order chi connectivity index (χ1) is 10.0. The predicted octanol–water partition coefficient (Wildman–Crippen LogP) is 4.80. The molecule has 0 spiro atoms. The minimum atomic E-state index is -0.351. The lowest BCUT2D eigenvalue weighted by atomic mass is 10.00. The van der Waals surface area contributed by atoms with Crippen LogP contribution >= 0.6 is 15.9 Å². The van der Waals surface area contributed by atoms with Gasteiger partial charge in [-0.3, -0.25) is 0 Å². The third kappa shape index (κ3) is 2.69. The Balaban J connectivity index is 2.19. The van der Waals surface area contributed by atoms with Crippen molar-refractivity contribution in [3.8, 4) is 22.4 Å². The Hall–Kier alpha value is -2.14. The van der Waals surface area contributed by atoms with Crippen molar-refractivity contribution in [1.82, 2.24) is 5.16 Å². The monoisotopic (exact) mass is 346 g/mol. The molecule has 5 heteroatoms. The first-order valence-corrected chi connectivity index (χ1v) is 7.12. The highest BCUT2D eigenvalue weighted by atomic mass is 79.9. The smallest absolute Gasteiger partial charge is 0.230 e. The number of nitrogens with two attached hydrogens (primary N) is 1. The largest absolute Gasteiger partial charge is 0.367 e. The van der Waals surface area contributed by atoms with Crippen molar-refractivity contribution in [2.24, 2.45) is 0 Å². The standard InChI is InChI=1S/C16H12BrFN2O/c1-9-2-4-10(5-3-9)14-15(20-21-16(14)19)11-6-12(17)8-13(18)7-11/h2-8H,19H2,1H3. The van der Waals surface area contributed by atoms with Gasteiger partial charge in [0.15, 0.2) is 0 Å². The molecule has 106 valence electrons. The minimum Gasteiger partial charge on any atom is -0.367 e. The number of halogens is 2. The van der Waals surface area contributed by atoms with Crippen LogP contribution in [0.4, 0.5) is 10.3 Å². The van der Waals surface area contributed by atoms with Crippen LogP contribution in [0.1, 0.15) is 5.56 Å². The lowest BCUT2D eigenvalue weighted by Crippen LogP contribution is -1.89. The van der Waals surface area contributed by atoms with Gasteiger partial charge in [-0.1, -0.05) is 50.9 Å². The molecule has 0 saturated heterocycles. The zero-order valence-electron chi connectivity index (χ0n) is 11.2. The molecule has 0 atom stereocenters. The second kappa shape index (κ2) is 5.33. The summed E-state index contributed by atoms with van der Waals surface area (Å²) < 4.78 is 19.3. The highest BCUT2D eigenvalue weighted by Crippen LogP contribution is 2.37. The highest BCUT2D eigenvalue weighted by molar-refractivity contribution is 9.10. The third-order valence-corrected chi connectivity index (χ3v) is 3.65. The van der Waals surface area contributed by atoms with E-state index in [9.17, 15) is 4.39 Å². The van der Waals surface area contributed by atoms with Crippen LogP contribution in [0.25, 0.3) is 22.4 Å². The van der Waals surface area contributed by atoms with Gasteiger partial charge in [-0.15, -0.1) is 0 Å². The van der Waals surface area contributed by atoms with Crippen LogP contribution in [0.5, 0.6) is 0 Å². The quantitative estimate of drug-likeness (QED) is 0.724. The van der Waals surface area contributed by atoms with Crippen molar-refractivity contribution in [2.45, 2.75) is 6.92 Å². The maximum absolute atomic E-state index is 13.6. The van der Waals surface area contributed by atoms with Crippen LogP contribution in [-0.4, -0.2) is 5.16 Å². The molecule has 21 heavy (non-hydrogen) atoms. The fourth-order valence-electron chi connectivity index (χ4n) is 2.19. The number of nitrogens with zero attached hydrogens (tertiary/aromatic N) is 1. The molecule has 3 nitrogen and oxygen atoms in total. The average Bonchev–Trinajstić information content (AvgIpc) is 2.80. The van der Waals surface area contributed by atoms with Gasteiger partial charge in [0, 0.05) is 10.0 Å². The second-order valence-corrected chi connectivity index (χ2v) is 5.71. The molecule has 0 aliphatic heterocycles. The zero-order chi connectivity index (χ0) is 15.0. The number of aryl methyl sites for hydroxylation is 1. The van der Waals surface area contributed by atoms with Gasteiger partial charge >= 0.3 is 0 Å². The molecule has 1 heterocycles. The number of anilines is 1. The van der Waals surface area contributed by atoms with Gasteiger partial charge in [0.2, 0.25) is 5.88 Å². The van der Waals surface area contributed by atoms with Crippen molar-refractivity contribution >= 4 is 21.8 Å². The molecule has 2 N–H and O–H groups in total. The highest BCUT2D eigenvalue weighted by Gasteiger charge is 2.18. The molecule has 2 aromatic carbocycles. The number of hydrogen-bond acceptors (Lipinski definition) is 3. The van der Waals surface area contributed by atoms with Crippen molar-refractivity contribution in [3.05, 3.63) is 58.3 Å². The maximum atomic E-state index is 13.6. The molecule has 0 amide bonds.